The second-order valence-corrected chi connectivity index (χ2v) is 5.37. The molecule has 4 nitrogen and oxygen atoms in total. The van der Waals surface area contributed by atoms with E-state index in [4.69, 9.17) is 11.6 Å². The Morgan fingerprint density at radius 1 is 1.30 bits per heavy atom. The third kappa shape index (κ3) is 2.72. The highest BCUT2D eigenvalue weighted by atomic mass is 35.5. The number of hydrogen-bond donors (Lipinski definition) is 1. The standard InChI is InChI=1S/C15H20ClN3O/c1-4-11(5-2)15-13(9-20)17-18-19(15)14-8-12(16)7-6-10(14)3/h6-8,11,20H,4-5,9H2,1-3H3. The smallest absolute Gasteiger partial charge is 0.112 e. The van der Waals surface area contributed by atoms with Gasteiger partial charge in [0.2, 0.25) is 0 Å². The zero-order valence-electron chi connectivity index (χ0n) is 12.1. The summed E-state index contributed by atoms with van der Waals surface area (Å²) in [6, 6.07) is 5.72. The largest absolute Gasteiger partial charge is 0.390 e. The number of nitrogens with zero attached hydrogens (tertiary/aromatic N) is 3. The normalized spacial score (nSPS) is 11.3. The van der Waals surface area contributed by atoms with E-state index in [9.17, 15) is 5.11 Å². The summed E-state index contributed by atoms with van der Waals surface area (Å²) in [4.78, 5) is 0. The number of hydrogen-bond acceptors (Lipinski definition) is 3. The molecule has 1 aromatic heterocycles. The van der Waals surface area contributed by atoms with Crippen molar-refractivity contribution < 1.29 is 5.11 Å². The molecule has 0 aliphatic carbocycles. The topological polar surface area (TPSA) is 50.9 Å². The first kappa shape index (κ1) is 15.0. The molecule has 0 spiro atoms. The van der Waals surface area contributed by atoms with Gasteiger partial charge in [0.25, 0.3) is 0 Å². The van der Waals surface area contributed by atoms with E-state index in [1.807, 2.05) is 29.8 Å². The van der Waals surface area contributed by atoms with Gasteiger partial charge in [0.05, 0.1) is 18.0 Å². The van der Waals surface area contributed by atoms with Crippen LogP contribution >= 0.6 is 11.6 Å². The predicted octanol–water partition coefficient (Wildman–Crippen LogP) is 3.63. The Bertz CT molecular complexity index is 591. The van der Waals surface area contributed by atoms with E-state index in [1.54, 1.807) is 0 Å². The molecule has 0 fully saturated rings. The highest BCUT2D eigenvalue weighted by molar-refractivity contribution is 6.30. The number of halogens is 1. The molecule has 1 heterocycles. The van der Waals surface area contributed by atoms with Gasteiger partial charge in [-0.05, 0) is 37.5 Å². The van der Waals surface area contributed by atoms with Crippen molar-refractivity contribution in [2.45, 2.75) is 46.1 Å². The van der Waals surface area contributed by atoms with Crippen LogP contribution in [0.4, 0.5) is 0 Å². The van der Waals surface area contributed by atoms with Crippen LogP contribution in [0.1, 0.15) is 49.6 Å². The molecule has 2 rings (SSSR count). The lowest BCUT2D eigenvalue weighted by Gasteiger charge is -2.17. The van der Waals surface area contributed by atoms with Crippen molar-refractivity contribution in [1.82, 2.24) is 15.0 Å². The molecular formula is C15H20ClN3O. The lowest BCUT2D eigenvalue weighted by atomic mass is 9.97. The third-order valence-corrected chi connectivity index (χ3v) is 3.94. The molecule has 1 aromatic carbocycles. The molecule has 0 amide bonds. The Hall–Kier alpha value is -1.39. The number of aliphatic hydroxyl groups excluding tert-OH is 1. The van der Waals surface area contributed by atoms with Crippen LogP contribution in [-0.4, -0.2) is 20.1 Å². The van der Waals surface area contributed by atoms with Gasteiger partial charge in [-0.25, -0.2) is 4.68 Å². The van der Waals surface area contributed by atoms with Crippen molar-refractivity contribution in [3.05, 3.63) is 40.2 Å². The summed E-state index contributed by atoms with van der Waals surface area (Å²) < 4.78 is 1.82. The maximum Gasteiger partial charge on any atom is 0.112 e. The second kappa shape index (κ2) is 6.37. The maximum absolute atomic E-state index is 9.50. The highest BCUT2D eigenvalue weighted by Gasteiger charge is 2.21. The minimum Gasteiger partial charge on any atom is -0.390 e. The molecule has 0 unspecified atom stereocenters. The minimum absolute atomic E-state index is 0.0918. The molecule has 0 atom stereocenters. The van der Waals surface area contributed by atoms with E-state index in [0.717, 1.165) is 29.8 Å². The zero-order valence-corrected chi connectivity index (χ0v) is 12.9. The number of aliphatic hydroxyl groups is 1. The van der Waals surface area contributed by atoms with Crippen molar-refractivity contribution in [3.8, 4) is 5.69 Å². The number of aromatic nitrogens is 3. The van der Waals surface area contributed by atoms with Gasteiger partial charge in [0, 0.05) is 10.9 Å². The van der Waals surface area contributed by atoms with Crippen LogP contribution in [0.2, 0.25) is 5.02 Å². The molecule has 0 saturated carbocycles. The van der Waals surface area contributed by atoms with Gasteiger partial charge in [-0.1, -0.05) is 36.7 Å². The van der Waals surface area contributed by atoms with Gasteiger partial charge >= 0.3 is 0 Å². The van der Waals surface area contributed by atoms with Gasteiger partial charge in [0.1, 0.15) is 5.69 Å². The lowest BCUT2D eigenvalue weighted by Crippen LogP contribution is -2.10. The number of aryl methyl sites for hydroxylation is 1. The first-order valence-corrected chi connectivity index (χ1v) is 7.31. The van der Waals surface area contributed by atoms with Crippen LogP contribution in [0.5, 0.6) is 0 Å². The Labute approximate surface area is 124 Å². The van der Waals surface area contributed by atoms with E-state index in [-0.39, 0.29) is 6.61 Å². The molecule has 0 radical (unpaired) electrons. The number of rotatable bonds is 5. The zero-order chi connectivity index (χ0) is 14.7. The molecule has 0 aliphatic rings. The Morgan fingerprint density at radius 2 is 2.00 bits per heavy atom. The molecule has 0 aliphatic heterocycles. The van der Waals surface area contributed by atoms with Crippen molar-refractivity contribution in [2.75, 3.05) is 0 Å². The first-order valence-electron chi connectivity index (χ1n) is 6.94. The fourth-order valence-corrected chi connectivity index (χ4v) is 2.67. The van der Waals surface area contributed by atoms with Gasteiger partial charge in [-0.15, -0.1) is 5.10 Å². The van der Waals surface area contributed by atoms with Gasteiger partial charge in [0.15, 0.2) is 0 Å². The average molecular weight is 294 g/mol. The van der Waals surface area contributed by atoms with Crippen LogP contribution in [-0.2, 0) is 6.61 Å². The Kier molecular flexibility index (Phi) is 4.78. The SMILES string of the molecule is CCC(CC)c1c(CO)nnn1-c1cc(Cl)ccc1C. The summed E-state index contributed by atoms with van der Waals surface area (Å²) in [5.74, 6) is 0.325. The summed E-state index contributed by atoms with van der Waals surface area (Å²) in [6.45, 7) is 6.20. The molecule has 0 saturated heterocycles. The molecule has 0 bridgehead atoms. The molecule has 1 N–H and O–H groups in total. The summed E-state index contributed by atoms with van der Waals surface area (Å²) in [7, 11) is 0. The highest BCUT2D eigenvalue weighted by Crippen LogP contribution is 2.29. The first-order chi connectivity index (χ1) is 9.62. The van der Waals surface area contributed by atoms with Crippen molar-refractivity contribution >= 4 is 11.6 Å². The maximum atomic E-state index is 9.50. The molecule has 2 aromatic rings. The monoisotopic (exact) mass is 293 g/mol. The average Bonchev–Trinajstić information content (AvgIpc) is 2.87. The summed E-state index contributed by atoms with van der Waals surface area (Å²) in [5.41, 5.74) is 3.64. The van der Waals surface area contributed by atoms with E-state index in [0.29, 0.717) is 16.6 Å². The van der Waals surface area contributed by atoms with Crippen LogP contribution in [0.25, 0.3) is 5.69 Å². The molecule has 108 valence electrons. The van der Waals surface area contributed by atoms with E-state index in [1.165, 1.54) is 0 Å². The Morgan fingerprint density at radius 3 is 2.60 bits per heavy atom. The van der Waals surface area contributed by atoms with E-state index < -0.39 is 0 Å². The summed E-state index contributed by atoms with van der Waals surface area (Å²) >= 11 is 6.10. The predicted molar refractivity (Wildman–Crippen MR) is 80.4 cm³/mol. The number of benzene rings is 1. The fourth-order valence-electron chi connectivity index (χ4n) is 2.51. The van der Waals surface area contributed by atoms with Crippen LogP contribution in [0.3, 0.4) is 0 Å². The Balaban J connectivity index is 2.62. The third-order valence-electron chi connectivity index (χ3n) is 3.70. The lowest BCUT2D eigenvalue weighted by molar-refractivity contribution is 0.274. The summed E-state index contributed by atoms with van der Waals surface area (Å²) in [6.07, 6.45) is 1.97. The molecule has 5 heteroatoms. The summed E-state index contributed by atoms with van der Waals surface area (Å²) in [5, 5.41) is 18.5. The fraction of sp³-hybridized carbons (Fsp3) is 0.467. The van der Waals surface area contributed by atoms with Gasteiger partial charge in [-0.3, -0.25) is 0 Å². The second-order valence-electron chi connectivity index (χ2n) is 4.94. The van der Waals surface area contributed by atoms with E-state index in [2.05, 4.69) is 24.2 Å². The van der Waals surface area contributed by atoms with Crippen molar-refractivity contribution in [3.63, 3.8) is 0 Å². The van der Waals surface area contributed by atoms with Crippen LogP contribution in [0.15, 0.2) is 18.2 Å². The van der Waals surface area contributed by atoms with Crippen molar-refractivity contribution in [1.29, 1.82) is 0 Å². The van der Waals surface area contributed by atoms with Gasteiger partial charge in [-0.2, -0.15) is 0 Å². The molecule has 20 heavy (non-hydrogen) atoms. The quantitative estimate of drug-likeness (QED) is 0.916. The molecular weight excluding hydrogens is 274 g/mol. The van der Waals surface area contributed by atoms with Crippen LogP contribution in [0, 0.1) is 6.92 Å². The van der Waals surface area contributed by atoms with Crippen molar-refractivity contribution in [2.24, 2.45) is 0 Å². The van der Waals surface area contributed by atoms with Crippen LogP contribution < -0.4 is 0 Å². The minimum atomic E-state index is -0.0918. The van der Waals surface area contributed by atoms with Gasteiger partial charge < -0.3 is 5.11 Å². The van der Waals surface area contributed by atoms with E-state index >= 15 is 0 Å².